The number of hydrogen-bond donors (Lipinski definition) is 2. The van der Waals surface area contributed by atoms with Gasteiger partial charge in [-0.25, -0.2) is 0 Å². The van der Waals surface area contributed by atoms with Gasteiger partial charge in [-0.05, 0) is 55.3 Å². The van der Waals surface area contributed by atoms with Crippen molar-refractivity contribution in [2.75, 3.05) is 10.6 Å². The van der Waals surface area contributed by atoms with Gasteiger partial charge in [-0.3, -0.25) is 0 Å². The molecule has 0 fully saturated rings. The number of fused-ring (bicyclic) bond motifs is 2. The van der Waals surface area contributed by atoms with Gasteiger partial charge >= 0.3 is 0 Å². The lowest BCUT2D eigenvalue weighted by Gasteiger charge is -2.21. The SMILES string of the molecule is Cc1ccc(CNc2ccc3c(c2)Nc2ccccc2S3)c(C)c1. The number of nitrogens with one attached hydrogen (secondary N) is 2. The summed E-state index contributed by atoms with van der Waals surface area (Å²) in [7, 11) is 0. The highest BCUT2D eigenvalue weighted by Crippen LogP contribution is 2.44. The van der Waals surface area contributed by atoms with E-state index in [2.05, 4.69) is 85.1 Å². The van der Waals surface area contributed by atoms with Crippen molar-refractivity contribution in [2.24, 2.45) is 0 Å². The average molecular weight is 332 g/mol. The van der Waals surface area contributed by atoms with Gasteiger partial charge in [0.25, 0.3) is 0 Å². The molecule has 3 heteroatoms. The monoisotopic (exact) mass is 332 g/mol. The van der Waals surface area contributed by atoms with Crippen molar-refractivity contribution in [3.8, 4) is 0 Å². The van der Waals surface area contributed by atoms with Crippen LogP contribution in [-0.4, -0.2) is 0 Å². The topological polar surface area (TPSA) is 24.1 Å². The first kappa shape index (κ1) is 15.2. The molecule has 0 saturated heterocycles. The molecule has 0 aliphatic carbocycles. The molecule has 0 aromatic heterocycles. The predicted octanol–water partition coefficient (Wildman–Crippen LogP) is 6.12. The summed E-state index contributed by atoms with van der Waals surface area (Å²) in [6.45, 7) is 5.15. The zero-order valence-corrected chi connectivity index (χ0v) is 14.7. The second-order valence-electron chi connectivity index (χ2n) is 6.22. The van der Waals surface area contributed by atoms with Crippen LogP contribution in [-0.2, 0) is 6.54 Å². The summed E-state index contributed by atoms with van der Waals surface area (Å²) in [5.74, 6) is 0. The van der Waals surface area contributed by atoms with Gasteiger partial charge in [-0.2, -0.15) is 0 Å². The van der Waals surface area contributed by atoms with E-state index in [-0.39, 0.29) is 0 Å². The maximum atomic E-state index is 3.55. The zero-order chi connectivity index (χ0) is 16.5. The van der Waals surface area contributed by atoms with E-state index in [1.807, 2.05) is 11.8 Å². The van der Waals surface area contributed by atoms with Gasteiger partial charge in [0.1, 0.15) is 0 Å². The van der Waals surface area contributed by atoms with Gasteiger partial charge < -0.3 is 10.6 Å². The molecule has 1 heterocycles. The first-order valence-electron chi connectivity index (χ1n) is 8.17. The van der Waals surface area contributed by atoms with Crippen molar-refractivity contribution in [3.05, 3.63) is 77.4 Å². The fraction of sp³-hybridized carbons (Fsp3) is 0.143. The Morgan fingerprint density at radius 3 is 2.58 bits per heavy atom. The summed E-state index contributed by atoms with van der Waals surface area (Å²) in [6.07, 6.45) is 0. The third-order valence-corrected chi connectivity index (χ3v) is 5.49. The van der Waals surface area contributed by atoms with Gasteiger partial charge in [0, 0.05) is 22.0 Å². The molecule has 2 N–H and O–H groups in total. The van der Waals surface area contributed by atoms with Gasteiger partial charge in [-0.1, -0.05) is 47.7 Å². The second-order valence-corrected chi connectivity index (χ2v) is 7.30. The minimum Gasteiger partial charge on any atom is -0.381 e. The molecular formula is C21H20N2S. The highest BCUT2D eigenvalue weighted by molar-refractivity contribution is 7.99. The Hall–Kier alpha value is -2.39. The summed E-state index contributed by atoms with van der Waals surface area (Å²) < 4.78 is 0. The lowest BCUT2D eigenvalue weighted by molar-refractivity contribution is 1.11. The van der Waals surface area contributed by atoms with E-state index in [4.69, 9.17) is 0 Å². The van der Waals surface area contributed by atoms with Gasteiger partial charge in [-0.15, -0.1) is 0 Å². The molecule has 3 aromatic carbocycles. The van der Waals surface area contributed by atoms with Crippen molar-refractivity contribution in [1.82, 2.24) is 0 Å². The van der Waals surface area contributed by atoms with Gasteiger partial charge in [0.15, 0.2) is 0 Å². The lowest BCUT2D eigenvalue weighted by Crippen LogP contribution is -2.04. The third kappa shape index (κ3) is 3.00. The Labute approximate surface area is 147 Å². The highest BCUT2D eigenvalue weighted by Gasteiger charge is 2.15. The molecular weight excluding hydrogens is 312 g/mol. The smallest absolute Gasteiger partial charge is 0.0547 e. The van der Waals surface area contributed by atoms with E-state index in [1.165, 1.54) is 37.9 Å². The number of aryl methyl sites for hydroxylation is 2. The van der Waals surface area contributed by atoms with Crippen molar-refractivity contribution in [2.45, 2.75) is 30.2 Å². The number of rotatable bonds is 3. The summed E-state index contributed by atoms with van der Waals surface area (Å²) in [5.41, 5.74) is 7.48. The van der Waals surface area contributed by atoms with Crippen LogP contribution in [0.1, 0.15) is 16.7 Å². The Morgan fingerprint density at radius 2 is 1.71 bits per heavy atom. The fourth-order valence-corrected chi connectivity index (χ4v) is 3.96. The van der Waals surface area contributed by atoms with Crippen LogP contribution in [0.15, 0.2) is 70.5 Å². The van der Waals surface area contributed by atoms with Crippen LogP contribution in [0.4, 0.5) is 17.1 Å². The fourth-order valence-electron chi connectivity index (χ4n) is 2.99. The largest absolute Gasteiger partial charge is 0.381 e. The molecule has 0 unspecified atom stereocenters. The molecule has 120 valence electrons. The Kier molecular flexibility index (Phi) is 3.95. The highest BCUT2D eigenvalue weighted by atomic mass is 32.2. The number of anilines is 3. The van der Waals surface area contributed by atoms with E-state index in [9.17, 15) is 0 Å². The molecule has 0 radical (unpaired) electrons. The van der Waals surface area contributed by atoms with Crippen LogP contribution in [0.5, 0.6) is 0 Å². The molecule has 0 saturated carbocycles. The molecule has 0 bridgehead atoms. The first-order valence-corrected chi connectivity index (χ1v) is 8.99. The summed E-state index contributed by atoms with van der Waals surface area (Å²) in [6, 6.07) is 21.6. The molecule has 0 amide bonds. The number of para-hydroxylation sites is 1. The summed E-state index contributed by atoms with van der Waals surface area (Å²) >= 11 is 1.82. The molecule has 0 spiro atoms. The van der Waals surface area contributed by atoms with Crippen molar-refractivity contribution in [3.63, 3.8) is 0 Å². The average Bonchev–Trinajstić information content (AvgIpc) is 2.59. The molecule has 1 aliphatic heterocycles. The minimum atomic E-state index is 0.842. The van der Waals surface area contributed by atoms with Crippen LogP contribution in [0, 0.1) is 13.8 Å². The lowest BCUT2D eigenvalue weighted by atomic mass is 10.1. The second kappa shape index (κ2) is 6.25. The van der Waals surface area contributed by atoms with E-state index >= 15 is 0 Å². The normalized spacial score (nSPS) is 12.1. The van der Waals surface area contributed by atoms with Crippen LogP contribution < -0.4 is 10.6 Å². The Bertz CT molecular complexity index is 902. The van der Waals surface area contributed by atoms with E-state index in [1.54, 1.807) is 0 Å². The first-order chi connectivity index (χ1) is 11.7. The Balaban J connectivity index is 1.52. The standard InChI is InChI=1S/C21H20N2S/c1-14-7-8-16(15(2)11-14)13-22-17-9-10-21-19(12-17)23-18-5-3-4-6-20(18)24-21/h3-12,22-23H,13H2,1-2H3. The van der Waals surface area contributed by atoms with Crippen LogP contribution in [0.2, 0.25) is 0 Å². The minimum absolute atomic E-state index is 0.842. The van der Waals surface area contributed by atoms with Gasteiger partial charge in [0.2, 0.25) is 0 Å². The van der Waals surface area contributed by atoms with Crippen LogP contribution in [0.25, 0.3) is 0 Å². The van der Waals surface area contributed by atoms with Crippen molar-refractivity contribution >= 4 is 28.8 Å². The molecule has 0 atom stereocenters. The molecule has 4 rings (SSSR count). The number of benzene rings is 3. The maximum Gasteiger partial charge on any atom is 0.0547 e. The van der Waals surface area contributed by atoms with Crippen LogP contribution >= 0.6 is 11.8 Å². The molecule has 2 nitrogen and oxygen atoms in total. The van der Waals surface area contributed by atoms with E-state index in [0.29, 0.717) is 0 Å². The maximum absolute atomic E-state index is 3.55. The third-order valence-electron chi connectivity index (χ3n) is 4.34. The summed E-state index contributed by atoms with van der Waals surface area (Å²) in [4.78, 5) is 2.55. The van der Waals surface area contributed by atoms with Gasteiger partial charge in [0.05, 0.1) is 11.4 Å². The summed E-state index contributed by atoms with van der Waals surface area (Å²) in [5, 5.41) is 7.08. The van der Waals surface area contributed by atoms with Crippen molar-refractivity contribution in [1.29, 1.82) is 0 Å². The van der Waals surface area contributed by atoms with E-state index in [0.717, 1.165) is 12.2 Å². The van der Waals surface area contributed by atoms with Crippen LogP contribution in [0.3, 0.4) is 0 Å². The Morgan fingerprint density at radius 1 is 0.875 bits per heavy atom. The van der Waals surface area contributed by atoms with E-state index < -0.39 is 0 Å². The molecule has 3 aromatic rings. The molecule has 1 aliphatic rings. The number of hydrogen-bond acceptors (Lipinski definition) is 3. The molecule has 24 heavy (non-hydrogen) atoms. The van der Waals surface area contributed by atoms with Crippen molar-refractivity contribution < 1.29 is 0 Å². The predicted molar refractivity (Wildman–Crippen MR) is 104 cm³/mol. The quantitative estimate of drug-likeness (QED) is 0.472. The zero-order valence-electron chi connectivity index (χ0n) is 13.9.